The van der Waals surface area contributed by atoms with Crippen molar-refractivity contribution < 1.29 is 27.1 Å². The Morgan fingerprint density at radius 3 is 2.39 bits per heavy atom. The molecule has 8 nitrogen and oxygen atoms in total. The summed E-state index contributed by atoms with van der Waals surface area (Å²) in [6.45, 7) is 3.62. The molecular weight excluding hydrogens is 473 g/mol. The number of rotatable bonds is 4. The number of anilines is 2. The average molecular weight is 496 g/mol. The first-order chi connectivity index (χ1) is 15.6. The summed E-state index contributed by atoms with van der Waals surface area (Å²) in [6, 6.07) is 7.26. The molecule has 2 aliphatic rings. The van der Waals surface area contributed by atoms with Gasteiger partial charge in [-0.15, -0.1) is 0 Å². The van der Waals surface area contributed by atoms with Gasteiger partial charge in [-0.1, -0.05) is 11.6 Å². The minimum atomic E-state index is -3.75. The maximum absolute atomic E-state index is 14.0. The van der Waals surface area contributed by atoms with E-state index in [9.17, 15) is 22.4 Å². The standard InChI is InChI=1S/C22H23ClFN3O5S/c1-14-11-17(23)19(13-18(14)24)25-5-7-26(8-6-25)21(28)16-4-3-15(12-20(16)33(2,30)31)27-9-10-32-22(27)29/h3-4,11-13H,5-10H2,1-2H3. The molecule has 2 aromatic carbocycles. The molecule has 0 N–H and O–H groups in total. The SMILES string of the molecule is Cc1cc(Cl)c(N2CCN(C(=O)c3ccc(N4CCOC4=O)cc3S(C)(=O)=O)CC2)cc1F. The average Bonchev–Trinajstić information content (AvgIpc) is 3.21. The van der Waals surface area contributed by atoms with Gasteiger partial charge in [0.2, 0.25) is 0 Å². The topological polar surface area (TPSA) is 87.2 Å². The van der Waals surface area contributed by atoms with Crippen LogP contribution in [0.5, 0.6) is 0 Å². The summed E-state index contributed by atoms with van der Waals surface area (Å²) in [7, 11) is -3.75. The Hall–Kier alpha value is -2.85. The Bertz CT molecular complexity index is 1230. The predicted molar refractivity (Wildman–Crippen MR) is 123 cm³/mol. The lowest BCUT2D eigenvalue weighted by Crippen LogP contribution is -2.49. The molecule has 0 saturated carbocycles. The van der Waals surface area contributed by atoms with E-state index in [0.717, 1.165) is 6.26 Å². The summed E-state index contributed by atoms with van der Waals surface area (Å²) in [5, 5.41) is 0.434. The summed E-state index contributed by atoms with van der Waals surface area (Å²) < 4.78 is 43.9. The largest absolute Gasteiger partial charge is 0.447 e. The molecule has 2 aromatic rings. The first-order valence-electron chi connectivity index (χ1n) is 10.3. The molecule has 176 valence electrons. The van der Waals surface area contributed by atoms with Gasteiger partial charge in [0.25, 0.3) is 5.91 Å². The fourth-order valence-corrected chi connectivity index (χ4v) is 5.22. The van der Waals surface area contributed by atoms with Crippen LogP contribution in [0.15, 0.2) is 35.2 Å². The first-order valence-corrected chi connectivity index (χ1v) is 12.6. The molecular formula is C22H23ClFN3O5S. The van der Waals surface area contributed by atoms with E-state index in [1.54, 1.807) is 24.0 Å². The quantitative estimate of drug-likeness (QED) is 0.647. The van der Waals surface area contributed by atoms with E-state index in [0.29, 0.717) is 54.7 Å². The smallest absolute Gasteiger partial charge is 0.414 e. The second-order valence-electron chi connectivity index (χ2n) is 8.05. The number of benzene rings is 2. The van der Waals surface area contributed by atoms with Gasteiger partial charge in [0.1, 0.15) is 12.4 Å². The lowest BCUT2D eigenvalue weighted by Gasteiger charge is -2.36. The highest BCUT2D eigenvalue weighted by molar-refractivity contribution is 7.90. The minimum Gasteiger partial charge on any atom is -0.447 e. The van der Waals surface area contributed by atoms with E-state index in [-0.39, 0.29) is 22.9 Å². The first kappa shape index (κ1) is 23.3. The normalized spacial score (nSPS) is 16.8. The third-order valence-electron chi connectivity index (χ3n) is 5.80. The fourth-order valence-electron chi connectivity index (χ4n) is 3.99. The van der Waals surface area contributed by atoms with Crippen molar-refractivity contribution in [1.82, 2.24) is 4.90 Å². The number of ether oxygens (including phenoxy) is 1. The monoisotopic (exact) mass is 495 g/mol. The molecule has 0 aliphatic carbocycles. The van der Waals surface area contributed by atoms with Crippen molar-refractivity contribution in [2.24, 2.45) is 0 Å². The molecule has 2 saturated heterocycles. The van der Waals surface area contributed by atoms with Crippen LogP contribution in [-0.4, -0.2) is 70.9 Å². The van der Waals surface area contributed by atoms with Gasteiger partial charge >= 0.3 is 6.09 Å². The maximum atomic E-state index is 14.0. The number of nitrogens with zero attached hydrogens (tertiary/aromatic N) is 3. The molecule has 4 rings (SSSR count). The lowest BCUT2D eigenvalue weighted by atomic mass is 10.1. The van der Waals surface area contributed by atoms with Crippen molar-refractivity contribution >= 4 is 44.8 Å². The van der Waals surface area contributed by atoms with Crippen LogP contribution in [0.25, 0.3) is 0 Å². The lowest BCUT2D eigenvalue weighted by molar-refractivity contribution is 0.0743. The Kier molecular flexibility index (Phi) is 6.24. The summed E-state index contributed by atoms with van der Waals surface area (Å²) in [5.74, 6) is -0.778. The van der Waals surface area contributed by atoms with Crippen molar-refractivity contribution in [1.29, 1.82) is 0 Å². The molecule has 33 heavy (non-hydrogen) atoms. The van der Waals surface area contributed by atoms with Crippen molar-refractivity contribution in [2.75, 3.05) is 55.4 Å². The second kappa shape index (κ2) is 8.83. The molecule has 2 fully saturated rings. The van der Waals surface area contributed by atoms with Gasteiger partial charge in [-0.2, -0.15) is 0 Å². The van der Waals surface area contributed by atoms with E-state index >= 15 is 0 Å². The minimum absolute atomic E-state index is 0.0432. The van der Waals surface area contributed by atoms with Crippen LogP contribution < -0.4 is 9.80 Å². The van der Waals surface area contributed by atoms with E-state index in [2.05, 4.69) is 0 Å². The van der Waals surface area contributed by atoms with Gasteiger partial charge in [-0.25, -0.2) is 17.6 Å². The van der Waals surface area contributed by atoms with Crippen LogP contribution in [-0.2, 0) is 14.6 Å². The van der Waals surface area contributed by atoms with Gasteiger partial charge in [0.15, 0.2) is 9.84 Å². The third kappa shape index (κ3) is 4.63. The molecule has 0 unspecified atom stereocenters. The fraction of sp³-hybridized carbons (Fsp3) is 0.364. The molecule has 0 radical (unpaired) electrons. The number of hydrogen-bond donors (Lipinski definition) is 0. The van der Waals surface area contributed by atoms with Crippen LogP contribution in [0.2, 0.25) is 5.02 Å². The van der Waals surface area contributed by atoms with Crippen molar-refractivity contribution in [3.05, 3.63) is 52.3 Å². The number of hydrogen-bond acceptors (Lipinski definition) is 6. The van der Waals surface area contributed by atoms with Gasteiger partial charge in [-0.05, 0) is 42.8 Å². The zero-order valence-electron chi connectivity index (χ0n) is 18.2. The van der Waals surface area contributed by atoms with Crippen LogP contribution >= 0.6 is 11.6 Å². The van der Waals surface area contributed by atoms with Crippen molar-refractivity contribution in [3.63, 3.8) is 0 Å². The van der Waals surface area contributed by atoms with Crippen LogP contribution in [0.1, 0.15) is 15.9 Å². The van der Waals surface area contributed by atoms with Gasteiger partial charge in [0, 0.05) is 38.1 Å². The molecule has 2 heterocycles. The molecule has 0 bridgehead atoms. The Balaban J connectivity index is 1.55. The second-order valence-corrected chi connectivity index (χ2v) is 10.4. The Morgan fingerprint density at radius 2 is 1.79 bits per heavy atom. The Morgan fingerprint density at radius 1 is 1.09 bits per heavy atom. The zero-order chi connectivity index (χ0) is 23.9. The highest BCUT2D eigenvalue weighted by Crippen LogP contribution is 2.31. The number of carbonyl (C=O) groups is 2. The van der Waals surface area contributed by atoms with Crippen LogP contribution in [0, 0.1) is 12.7 Å². The molecule has 0 atom stereocenters. The molecule has 0 spiro atoms. The zero-order valence-corrected chi connectivity index (χ0v) is 19.7. The molecule has 11 heteroatoms. The molecule has 0 aromatic heterocycles. The number of sulfone groups is 1. The van der Waals surface area contributed by atoms with Gasteiger partial charge in [-0.3, -0.25) is 9.69 Å². The number of aryl methyl sites for hydroxylation is 1. The van der Waals surface area contributed by atoms with E-state index in [1.807, 2.05) is 4.90 Å². The van der Waals surface area contributed by atoms with Gasteiger partial charge in [0.05, 0.1) is 27.7 Å². The van der Waals surface area contributed by atoms with Crippen molar-refractivity contribution in [2.45, 2.75) is 11.8 Å². The third-order valence-corrected chi connectivity index (χ3v) is 7.24. The molecule has 2 aliphatic heterocycles. The van der Waals surface area contributed by atoms with Gasteiger partial charge < -0.3 is 14.5 Å². The van der Waals surface area contributed by atoms with Crippen molar-refractivity contribution in [3.8, 4) is 0 Å². The number of piperazine rings is 1. The number of cyclic esters (lactones) is 1. The van der Waals surface area contributed by atoms with E-state index in [1.165, 1.54) is 23.1 Å². The summed E-state index contributed by atoms with van der Waals surface area (Å²) in [4.78, 5) is 29.7. The van der Waals surface area contributed by atoms with Crippen LogP contribution in [0.3, 0.4) is 0 Å². The van der Waals surface area contributed by atoms with E-state index < -0.39 is 21.8 Å². The maximum Gasteiger partial charge on any atom is 0.414 e. The number of halogens is 2. The summed E-state index contributed by atoms with van der Waals surface area (Å²) in [5.41, 5.74) is 1.42. The number of carbonyl (C=O) groups excluding carboxylic acids is 2. The Labute approximate surface area is 196 Å². The van der Waals surface area contributed by atoms with E-state index in [4.69, 9.17) is 16.3 Å². The summed E-state index contributed by atoms with van der Waals surface area (Å²) in [6.07, 6.45) is 0.465. The van der Waals surface area contributed by atoms with Crippen LogP contribution in [0.4, 0.5) is 20.6 Å². The predicted octanol–water partition coefficient (Wildman–Crippen LogP) is 3.11. The highest BCUT2D eigenvalue weighted by Gasteiger charge is 2.30. The molecule has 2 amide bonds. The highest BCUT2D eigenvalue weighted by atomic mass is 35.5. The number of amides is 2. The summed E-state index contributed by atoms with van der Waals surface area (Å²) >= 11 is 6.29.